The van der Waals surface area contributed by atoms with Crippen molar-refractivity contribution in [2.24, 2.45) is 5.73 Å². The van der Waals surface area contributed by atoms with E-state index in [-0.39, 0.29) is 12.5 Å². The van der Waals surface area contributed by atoms with Gasteiger partial charge in [-0.25, -0.2) is 0 Å². The lowest BCUT2D eigenvalue weighted by Gasteiger charge is -2.24. The molecule has 31 heavy (non-hydrogen) atoms. The number of aryl methyl sites for hydroxylation is 1. The molecular formula is C22H18BrClN4O3. The molecule has 158 valence electrons. The molecule has 0 saturated heterocycles. The zero-order chi connectivity index (χ0) is 22.1. The fraction of sp³-hybridized carbons (Fsp3) is 0.182. The molecule has 0 radical (unpaired) electrons. The minimum Gasteiger partial charge on any atom is -0.496 e. The first-order valence-electron chi connectivity index (χ1n) is 9.30. The van der Waals surface area contributed by atoms with Crippen LogP contribution >= 0.6 is 27.5 Å². The number of fused-ring (bicyclic) bond motifs is 1. The van der Waals surface area contributed by atoms with Crippen LogP contribution in [0.25, 0.3) is 0 Å². The molecule has 9 heteroatoms. The van der Waals surface area contributed by atoms with Crippen molar-refractivity contribution in [3.05, 3.63) is 79.7 Å². The van der Waals surface area contributed by atoms with Crippen molar-refractivity contribution in [3.8, 4) is 23.4 Å². The lowest BCUT2D eigenvalue weighted by molar-refractivity contribution is 0.296. The zero-order valence-corrected chi connectivity index (χ0v) is 19.0. The van der Waals surface area contributed by atoms with E-state index in [9.17, 15) is 5.26 Å². The fourth-order valence-corrected chi connectivity index (χ4v) is 4.30. The third-order valence-electron chi connectivity index (χ3n) is 5.04. The number of nitrogens with zero attached hydrogens (tertiary/aromatic N) is 2. The number of allylic oxidation sites excluding steroid dienone is 1. The SMILES string of the molecule is COc1ccc([C@@H]2C(C#N)=C(N)Oc3n[nH]c(C)c32)cc1COc1ccc(Br)cc1Cl. The molecule has 0 fully saturated rings. The number of aromatic amines is 1. The molecule has 7 nitrogen and oxygen atoms in total. The van der Waals surface area contributed by atoms with E-state index in [0.29, 0.717) is 28.0 Å². The van der Waals surface area contributed by atoms with Gasteiger partial charge in [-0.15, -0.1) is 5.10 Å². The quantitative estimate of drug-likeness (QED) is 0.513. The maximum Gasteiger partial charge on any atom is 0.244 e. The topological polar surface area (TPSA) is 106 Å². The molecule has 1 aliphatic rings. The molecule has 0 saturated carbocycles. The molecule has 0 amide bonds. The van der Waals surface area contributed by atoms with Crippen LogP contribution in [-0.2, 0) is 6.61 Å². The van der Waals surface area contributed by atoms with Crippen LogP contribution in [0.15, 0.2) is 52.3 Å². The Morgan fingerprint density at radius 1 is 1.29 bits per heavy atom. The fourth-order valence-electron chi connectivity index (χ4n) is 3.57. The van der Waals surface area contributed by atoms with Crippen molar-refractivity contribution in [1.82, 2.24) is 10.2 Å². The number of ether oxygens (including phenoxy) is 3. The van der Waals surface area contributed by atoms with E-state index >= 15 is 0 Å². The van der Waals surface area contributed by atoms with E-state index in [1.165, 1.54) is 0 Å². The highest BCUT2D eigenvalue weighted by atomic mass is 79.9. The average Bonchev–Trinajstić information content (AvgIpc) is 3.12. The third-order valence-corrected chi connectivity index (χ3v) is 5.83. The molecule has 4 rings (SSSR count). The number of hydrogen-bond acceptors (Lipinski definition) is 6. The Bertz CT molecular complexity index is 1230. The summed E-state index contributed by atoms with van der Waals surface area (Å²) < 4.78 is 17.9. The summed E-state index contributed by atoms with van der Waals surface area (Å²) in [6.07, 6.45) is 0. The molecule has 1 atom stereocenters. The van der Waals surface area contributed by atoms with E-state index in [4.69, 9.17) is 31.5 Å². The van der Waals surface area contributed by atoms with E-state index in [2.05, 4.69) is 32.2 Å². The van der Waals surface area contributed by atoms with Gasteiger partial charge in [-0.1, -0.05) is 33.6 Å². The lowest BCUT2D eigenvalue weighted by atomic mass is 9.83. The van der Waals surface area contributed by atoms with Gasteiger partial charge in [0.05, 0.1) is 18.1 Å². The van der Waals surface area contributed by atoms with Gasteiger partial charge in [0.2, 0.25) is 11.8 Å². The number of nitriles is 1. The van der Waals surface area contributed by atoms with E-state index < -0.39 is 5.92 Å². The number of halogens is 2. The first kappa shape index (κ1) is 21.1. The summed E-state index contributed by atoms with van der Waals surface area (Å²) in [4.78, 5) is 0. The van der Waals surface area contributed by atoms with Crippen LogP contribution < -0.4 is 19.9 Å². The Kier molecular flexibility index (Phi) is 5.81. The Balaban J connectivity index is 1.73. The van der Waals surface area contributed by atoms with Crippen LogP contribution in [0.1, 0.15) is 28.3 Å². The maximum atomic E-state index is 9.76. The van der Waals surface area contributed by atoms with Crippen LogP contribution in [0.5, 0.6) is 17.4 Å². The summed E-state index contributed by atoms with van der Waals surface area (Å²) in [5.41, 5.74) is 9.55. The van der Waals surface area contributed by atoms with Gasteiger partial charge in [0.25, 0.3) is 0 Å². The molecule has 0 unspecified atom stereocenters. The van der Waals surface area contributed by atoms with Crippen LogP contribution in [0.2, 0.25) is 5.02 Å². The number of methoxy groups -OCH3 is 1. The van der Waals surface area contributed by atoms with E-state index in [1.807, 2.05) is 31.2 Å². The summed E-state index contributed by atoms with van der Waals surface area (Å²) in [6, 6.07) is 13.3. The lowest BCUT2D eigenvalue weighted by Crippen LogP contribution is -2.21. The van der Waals surface area contributed by atoms with Gasteiger partial charge >= 0.3 is 0 Å². The zero-order valence-electron chi connectivity index (χ0n) is 16.7. The van der Waals surface area contributed by atoms with Gasteiger partial charge in [-0.2, -0.15) is 5.26 Å². The maximum absolute atomic E-state index is 9.76. The molecule has 0 aliphatic carbocycles. The molecule has 3 N–H and O–H groups in total. The summed E-state index contributed by atoms with van der Waals surface area (Å²) in [7, 11) is 1.59. The van der Waals surface area contributed by atoms with Crippen molar-refractivity contribution in [3.63, 3.8) is 0 Å². The molecule has 1 aromatic heterocycles. The first-order chi connectivity index (χ1) is 14.9. The Morgan fingerprint density at radius 2 is 2.06 bits per heavy atom. The smallest absolute Gasteiger partial charge is 0.244 e. The number of H-pyrrole nitrogens is 1. The molecule has 2 aromatic carbocycles. The number of nitrogens with one attached hydrogen (secondary N) is 1. The van der Waals surface area contributed by atoms with Gasteiger partial charge in [0.15, 0.2) is 0 Å². The minimum atomic E-state index is -0.423. The Morgan fingerprint density at radius 3 is 2.77 bits per heavy atom. The first-order valence-corrected chi connectivity index (χ1v) is 10.5. The van der Waals surface area contributed by atoms with Gasteiger partial charge in [-0.3, -0.25) is 5.10 Å². The van der Waals surface area contributed by atoms with Crippen molar-refractivity contribution in [2.75, 3.05) is 7.11 Å². The molecular weight excluding hydrogens is 484 g/mol. The monoisotopic (exact) mass is 500 g/mol. The molecule has 0 spiro atoms. The summed E-state index contributed by atoms with van der Waals surface area (Å²) in [6.45, 7) is 2.10. The molecule has 2 heterocycles. The number of rotatable bonds is 5. The van der Waals surface area contributed by atoms with Crippen molar-refractivity contribution < 1.29 is 14.2 Å². The van der Waals surface area contributed by atoms with Crippen LogP contribution in [-0.4, -0.2) is 17.3 Å². The van der Waals surface area contributed by atoms with Gasteiger partial charge in [0, 0.05) is 21.3 Å². The Hall–Kier alpha value is -3.15. The molecule has 3 aromatic rings. The predicted octanol–water partition coefficient (Wildman–Crippen LogP) is 4.94. The van der Waals surface area contributed by atoms with E-state index in [0.717, 1.165) is 26.9 Å². The van der Waals surface area contributed by atoms with Gasteiger partial charge in [-0.05, 0) is 42.8 Å². The van der Waals surface area contributed by atoms with Gasteiger partial charge in [0.1, 0.15) is 29.7 Å². The van der Waals surface area contributed by atoms with E-state index in [1.54, 1.807) is 19.2 Å². The van der Waals surface area contributed by atoms with Crippen molar-refractivity contribution in [2.45, 2.75) is 19.4 Å². The van der Waals surface area contributed by atoms with Crippen LogP contribution in [0.4, 0.5) is 0 Å². The highest BCUT2D eigenvalue weighted by Crippen LogP contribution is 2.43. The third kappa shape index (κ3) is 3.94. The second kappa shape index (κ2) is 8.53. The second-order valence-corrected chi connectivity index (χ2v) is 8.25. The second-order valence-electron chi connectivity index (χ2n) is 6.93. The van der Waals surface area contributed by atoms with Crippen molar-refractivity contribution >= 4 is 27.5 Å². The van der Waals surface area contributed by atoms with Gasteiger partial charge < -0.3 is 19.9 Å². The Labute approximate surface area is 192 Å². The number of nitrogens with two attached hydrogens (primary N) is 1. The minimum absolute atomic E-state index is 0.0433. The highest BCUT2D eigenvalue weighted by molar-refractivity contribution is 9.10. The largest absolute Gasteiger partial charge is 0.496 e. The average molecular weight is 502 g/mol. The van der Waals surface area contributed by atoms with Crippen LogP contribution in [0.3, 0.4) is 0 Å². The molecule has 0 bridgehead atoms. The number of benzene rings is 2. The summed E-state index contributed by atoms with van der Waals surface area (Å²) >= 11 is 9.65. The normalized spacial score (nSPS) is 15.1. The van der Waals surface area contributed by atoms with Crippen LogP contribution in [0, 0.1) is 18.3 Å². The van der Waals surface area contributed by atoms with Crippen molar-refractivity contribution in [1.29, 1.82) is 5.26 Å². The highest BCUT2D eigenvalue weighted by Gasteiger charge is 2.34. The number of hydrogen-bond donors (Lipinski definition) is 2. The molecule has 1 aliphatic heterocycles. The standard InChI is InChI=1S/C22H18BrClN4O3/c1-11-19-20(15(9-25)21(26)31-22(19)28-27-11)12-3-5-17(29-2)13(7-12)10-30-18-6-4-14(23)8-16(18)24/h3-8,20H,10,26H2,1-2H3,(H,27,28)/t20-/m1/s1. The summed E-state index contributed by atoms with van der Waals surface area (Å²) in [5.74, 6) is 1.20. The predicted molar refractivity (Wildman–Crippen MR) is 119 cm³/mol. The number of aromatic nitrogens is 2. The summed E-state index contributed by atoms with van der Waals surface area (Å²) in [5, 5.41) is 17.3.